The standard InChI is InChI=1S/C19H18ClN5O2/c1-11-5-4-6-15(12(11)2)23-19-24-17(10-21-25-19)22-16-9-13(18(26)27-3)7-8-14(16)20/h4-10H,1-3H3,(H2,22,23,24,25). The van der Waals surface area contributed by atoms with Crippen molar-refractivity contribution < 1.29 is 9.53 Å². The molecular weight excluding hydrogens is 366 g/mol. The van der Waals surface area contributed by atoms with Gasteiger partial charge in [0.15, 0.2) is 5.82 Å². The Morgan fingerprint density at radius 3 is 2.70 bits per heavy atom. The van der Waals surface area contributed by atoms with Crippen molar-refractivity contribution in [2.45, 2.75) is 13.8 Å². The average molecular weight is 384 g/mol. The van der Waals surface area contributed by atoms with Crippen LogP contribution in [0.4, 0.5) is 23.1 Å². The summed E-state index contributed by atoms with van der Waals surface area (Å²) in [6.07, 6.45) is 1.47. The van der Waals surface area contributed by atoms with E-state index in [2.05, 4.69) is 25.8 Å². The Hall–Kier alpha value is -3.19. The fraction of sp³-hybridized carbons (Fsp3) is 0.158. The van der Waals surface area contributed by atoms with Crippen LogP contribution >= 0.6 is 11.6 Å². The molecule has 0 aliphatic carbocycles. The fourth-order valence-corrected chi connectivity index (χ4v) is 2.59. The first-order chi connectivity index (χ1) is 13.0. The molecule has 0 fully saturated rings. The van der Waals surface area contributed by atoms with E-state index in [1.165, 1.54) is 13.3 Å². The molecule has 2 N–H and O–H groups in total. The number of nitrogens with zero attached hydrogens (tertiary/aromatic N) is 3. The summed E-state index contributed by atoms with van der Waals surface area (Å²) in [4.78, 5) is 16.1. The summed E-state index contributed by atoms with van der Waals surface area (Å²) < 4.78 is 4.73. The molecule has 0 aliphatic heterocycles. The van der Waals surface area contributed by atoms with E-state index in [-0.39, 0.29) is 0 Å². The number of halogens is 1. The highest BCUT2D eigenvalue weighted by molar-refractivity contribution is 6.33. The second-order valence-corrected chi connectivity index (χ2v) is 6.26. The molecule has 8 heteroatoms. The zero-order valence-electron chi connectivity index (χ0n) is 15.1. The lowest BCUT2D eigenvalue weighted by Crippen LogP contribution is -2.05. The van der Waals surface area contributed by atoms with Gasteiger partial charge in [0.25, 0.3) is 0 Å². The summed E-state index contributed by atoms with van der Waals surface area (Å²) in [5.74, 6) is 0.323. The second kappa shape index (κ2) is 8.01. The molecule has 1 heterocycles. The molecule has 1 aromatic heterocycles. The summed E-state index contributed by atoms with van der Waals surface area (Å²) in [6, 6.07) is 10.7. The largest absolute Gasteiger partial charge is 0.465 e. The number of methoxy groups -OCH3 is 1. The quantitative estimate of drug-likeness (QED) is 0.630. The number of aryl methyl sites for hydroxylation is 1. The van der Waals surface area contributed by atoms with E-state index >= 15 is 0 Å². The van der Waals surface area contributed by atoms with Crippen LogP contribution in [-0.4, -0.2) is 28.3 Å². The van der Waals surface area contributed by atoms with Crippen molar-refractivity contribution in [3.63, 3.8) is 0 Å². The molecule has 0 unspecified atom stereocenters. The summed E-state index contributed by atoms with van der Waals surface area (Å²) in [7, 11) is 1.32. The molecule has 0 saturated carbocycles. The lowest BCUT2D eigenvalue weighted by molar-refractivity contribution is 0.0601. The third kappa shape index (κ3) is 4.32. The fourth-order valence-electron chi connectivity index (χ4n) is 2.43. The molecule has 0 bridgehead atoms. The maximum atomic E-state index is 11.7. The Balaban J connectivity index is 1.84. The lowest BCUT2D eigenvalue weighted by atomic mass is 10.1. The van der Waals surface area contributed by atoms with Crippen LogP contribution in [0.2, 0.25) is 5.02 Å². The third-order valence-electron chi connectivity index (χ3n) is 4.06. The van der Waals surface area contributed by atoms with E-state index in [0.29, 0.717) is 28.0 Å². The van der Waals surface area contributed by atoms with Crippen LogP contribution in [0.5, 0.6) is 0 Å². The van der Waals surface area contributed by atoms with Crippen LogP contribution in [0.15, 0.2) is 42.6 Å². The topological polar surface area (TPSA) is 89.0 Å². The van der Waals surface area contributed by atoms with Gasteiger partial charge in [-0.2, -0.15) is 10.1 Å². The van der Waals surface area contributed by atoms with Crippen molar-refractivity contribution in [2.75, 3.05) is 17.7 Å². The zero-order chi connectivity index (χ0) is 19.4. The van der Waals surface area contributed by atoms with Crippen molar-refractivity contribution in [1.82, 2.24) is 15.2 Å². The van der Waals surface area contributed by atoms with Crippen molar-refractivity contribution >= 4 is 40.7 Å². The van der Waals surface area contributed by atoms with Gasteiger partial charge in [-0.1, -0.05) is 23.7 Å². The number of hydrogen-bond donors (Lipinski definition) is 2. The summed E-state index contributed by atoms with van der Waals surface area (Å²) in [6.45, 7) is 4.05. The Bertz CT molecular complexity index is 994. The Labute approximate surface area is 161 Å². The molecule has 0 spiro atoms. The van der Waals surface area contributed by atoms with Gasteiger partial charge in [0.1, 0.15) is 0 Å². The molecule has 0 saturated heterocycles. The smallest absolute Gasteiger partial charge is 0.337 e. The van der Waals surface area contributed by atoms with Crippen molar-refractivity contribution in [3.05, 3.63) is 64.3 Å². The Morgan fingerprint density at radius 2 is 1.93 bits per heavy atom. The molecule has 27 heavy (non-hydrogen) atoms. The molecule has 0 amide bonds. The summed E-state index contributed by atoms with van der Waals surface area (Å²) in [5.41, 5.74) is 4.06. The van der Waals surface area contributed by atoms with E-state index in [9.17, 15) is 4.79 Å². The number of carbonyl (C=O) groups is 1. The minimum Gasteiger partial charge on any atom is -0.465 e. The number of ether oxygens (including phenoxy) is 1. The Morgan fingerprint density at radius 1 is 1.11 bits per heavy atom. The number of hydrogen-bond acceptors (Lipinski definition) is 7. The monoisotopic (exact) mass is 383 g/mol. The van der Waals surface area contributed by atoms with Crippen LogP contribution in [0.3, 0.4) is 0 Å². The first-order valence-electron chi connectivity index (χ1n) is 8.16. The van der Waals surface area contributed by atoms with E-state index in [0.717, 1.165) is 16.8 Å². The van der Waals surface area contributed by atoms with E-state index in [4.69, 9.17) is 16.3 Å². The molecule has 0 radical (unpaired) electrons. The van der Waals surface area contributed by atoms with Gasteiger partial charge in [-0.05, 0) is 49.2 Å². The van der Waals surface area contributed by atoms with Crippen molar-refractivity contribution in [1.29, 1.82) is 0 Å². The second-order valence-electron chi connectivity index (χ2n) is 5.85. The van der Waals surface area contributed by atoms with Gasteiger partial charge in [-0.3, -0.25) is 0 Å². The summed E-state index contributed by atoms with van der Waals surface area (Å²) in [5, 5.41) is 14.6. The number of nitrogens with one attached hydrogen (secondary N) is 2. The van der Waals surface area contributed by atoms with Gasteiger partial charge in [0.05, 0.1) is 29.6 Å². The number of esters is 1. The highest BCUT2D eigenvalue weighted by Gasteiger charge is 2.11. The molecule has 3 rings (SSSR count). The normalized spacial score (nSPS) is 10.4. The third-order valence-corrected chi connectivity index (χ3v) is 4.39. The van der Waals surface area contributed by atoms with E-state index < -0.39 is 5.97 Å². The van der Waals surface area contributed by atoms with Crippen molar-refractivity contribution in [2.24, 2.45) is 0 Å². The molecule has 138 valence electrons. The van der Waals surface area contributed by atoms with E-state index in [1.54, 1.807) is 18.2 Å². The number of aromatic nitrogens is 3. The SMILES string of the molecule is COC(=O)c1ccc(Cl)c(Nc2cnnc(Nc3cccc(C)c3C)n2)c1. The molecule has 7 nitrogen and oxygen atoms in total. The van der Waals surface area contributed by atoms with Gasteiger partial charge >= 0.3 is 5.97 Å². The number of anilines is 4. The van der Waals surface area contributed by atoms with Crippen LogP contribution in [0.1, 0.15) is 21.5 Å². The van der Waals surface area contributed by atoms with Crippen LogP contribution in [-0.2, 0) is 4.74 Å². The molecule has 0 aliphatic rings. The maximum absolute atomic E-state index is 11.7. The minimum absolute atomic E-state index is 0.342. The van der Waals surface area contributed by atoms with Crippen LogP contribution in [0.25, 0.3) is 0 Å². The molecule has 2 aromatic carbocycles. The number of benzene rings is 2. The molecule has 3 aromatic rings. The van der Waals surface area contributed by atoms with Gasteiger partial charge < -0.3 is 15.4 Å². The average Bonchev–Trinajstić information content (AvgIpc) is 2.67. The highest BCUT2D eigenvalue weighted by atomic mass is 35.5. The molecule has 0 atom stereocenters. The number of carbonyl (C=O) groups excluding carboxylic acids is 1. The predicted octanol–water partition coefficient (Wildman–Crippen LogP) is 4.42. The first-order valence-corrected chi connectivity index (χ1v) is 8.53. The maximum Gasteiger partial charge on any atom is 0.337 e. The predicted molar refractivity (Wildman–Crippen MR) is 105 cm³/mol. The van der Waals surface area contributed by atoms with E-state index in [1.807, 2.05) is 32.0 Å². The minimum atomic E-state index is -0.451. The lowest BCUT2D eigenvalue weighted by Gasteiger charge is -2.12. The zero-order valence-corrected chi connectivity index (χ0v) is 15.8. The van der Waals surface area contributed by atoms with Gasteiger partial charge in [0.2, 0.25) is 5.95 Å². The Kier molecular flexibility index (Phi) is 5.52. The van der Waals surface area contributed by atoms with Gasteiger partial charge in [-0.15, -0.1) is 5.10 Å². The van der Waals surface area contributed by atoms with Gasteiger partial charge in [-0.25, -0.2) is 4.79 Å². The van der Waals surface area contributed by atoms with Crippen LogP contribution < -0.4 is 10.6 Å². The summed E-state index contributed by atoms with van der Waals surface area (Å²) >= 11 is 6.21. The first kappa shape index (κ1) is 18.6. The van der Waals surface area contributed by atoms with Crippen molar-refractivity contribution in [3.8, 4) is 0 Å². The number of rotatable bonds is 5. The highest BCUT2D eigenvalue weighted by Crippen LogP contribution is 2.27. The van der Waals surface area contributed by atoms with Gasteiger partial charge in [0, 0.05) is 5.69 Å². The van der Waals surface area contributed by atoms with Crippen LogP contribution in [0, 0.1) is 13.8 Å². The molecular formula is C19H18ClN5O2.